The average molecular weight is 697 g/mol. The minimum Gasteiger partial charge on any atom is -0.481 e. The van der Waals surface area contributed by atoms with Crippen molar-refractivity contribution in [2.45, 2.75) is 139 Å². The van der Waals surface area contributed by atoms with Gasteiger partial charge in [-0.05, 0) is 118 Å². The number of carbonyl (C=O) groups is 3. The number of aliphatic hydroxyl groups is 1. The number of carboxylic acids is 1. The summed E-state index contributed by atoms with van der Waals surface area (Å²) in [6.45, 7) is 24.4. The summed E-state index contributed by atoms with van der Waals surface area (Å²) in [5, 5.41) is 21.9. The normalized spacial score (nSPS) is 41.2. The Morgan fingerprint density at radius 2 is 1.56 bits per heavy atom. The lowest BCUT2D eigenvalue weighted by atomic mass is 9.33. The number of allylic oxidation sites excluding steroid dienone is 1. The van der Waals surface area contributed by atoms with Crippen LogP contribution in [0.5, 0.6) is 0 Å². The third-order valence-electron chi connectivity index (χ3n) is 16.5. The van der Waals surface area contributed by atoms with Crippen molar-refractivity contribution in [3.05, 3.63) is 11.1 Å². The Kier molecular flexibility index (Phi) is 9.63. The number of aliphatic carboxylic acids is 1. The molecule has 1 heterocycles. The number of hydrogen-bond donors (Lipinski definition) is 2. The number of likely N-dealkylation sites (N-methyl/N-ethyl adjacent to an activating group) is 1. The molecular weight excluding hydrogens is 628 g/mol. The third-order valence-corrected chi connectivity index (χ3v) is 16.5. The molecule has 8 nitrogen and oxygen atoms in total. The van der Waals surface area contributed by atoms with E-state index in [-0.39, 0.29) is 45.9 Å². The first-order chi connectivity index (χ1) is 23.1. The van der Waals surface area contributed by atoms with Gasteiger partial charge in [0, 0.05) is 50.0 Å². The molecule has 2 N–H and O–H groups in total. The third kappa shape index (κ3) is 5.66. The van der Waals surface area contributed by atoms with Gasteiger partial charge in [0.2, 0.25) is 0 Å². The molecule has 8 heteroatoms. The first-order valence-electron chi connectivity index (χ1n) is 19.9. The molecule has 6 aliphatic rings. The number of ether oxygens (including phenoxy) is 1. The van der Waals surface area contributed by atoms with Gasteiger partial charge in [-0.2, -0.15) is 0 Å². The minimum absolute atomic E-state index is 0.0247. The number of rotatable bonds is 8. The maximum absolute atomic E-state index is 14.0. The number of hydrogen-bond acceptors (Lipinski definition) is 7. The molecule has 1 aliphatic heterocycles. The maximum Gasteiger partial charge on any atom is 0.309 e. The Hall–Kier alpha value is -1.77. The van der Waals surface area contributed by atoms with E-state index in [1.807, 2.05) is 0 Å². The van der Waals surface area contributed by atoms with E-state index in [2.05, 4.69) is 65.3 Å². The molecule has 0 aromatic carbocycles. The molecule has 0 aromatic heterocycles. The number of fused-ring (bicyclic) bond motifs is 7. The fourth-order valence-corrected chi connectivity index (χ4v) is 13.4. The molecule has 0 radical (unpaired) electrons. The van der Waals surface area contributed by atoms with Crippen LogP contribution in [0.3, 0.4) is 0 Å². The number of carbonyl (C=O) groups excluding carboxylic acids is 2. The molecule has 282 valence electrons. The van der Waals surface area contributed by atoms with Crippen molar-refractivity contribution in [1.29, 1.82) is 0 Å². The molecule has 0 aromatic rings. The van der Waals surface area contributed by atoms with Crippen LogP contribution in [0.4, 0.5) is 0 Å². The summed E-state index contributed by atoms with van der Waals surface area (Å²) >= 11 is 0. The van der Waals surface area contributed by atoms with Gasteiger partial charge < -0.3 is 19.8 Å². The highest BCUT2D eigenvalue weighted by atomic mass is 16.5. The molecule has 1 unspecified atom stereocenters. The Morgan fingerprint density at radius 1 is 0.900 bits per heavy atom. The highest BCUT2D eigenvalue weighted by molar-refractivity contribution is 6.00. The predicted octanol–water partition coefficient (Wildman–Crippen LogP) is 6.99. The van der Waals surface area contributed by atoms with Crippen LogP contribution in [-0.4, -0.2) is 89.7 Å². The summed E-state index contributed by atoms with van der Waals surface area (Å²) in [7, 11) is 2.16. The summed E-state index contributed by atoms with van der Waals surface area (Å²) in [5.41, 5.74) is 0.749. The highest BCUT2D eigenvalue weighted by Gasteiger charge is 2.70. The lowest BCUT2D eigenvalue weighted by molar-refractivity contribution is -0.235. The van der Waals surface area contributed by atoms with Gasteiger partial charge in [0.25, 0.3) is 0 Å². The van der Waals surface area contributed by atoms with Crippen LogP contribution in [0.1, 0.15) is 127 Å². The van der Waals surface area contributed by atoms with Crippen molar-refractivity contribution in [1.82, 2.24) is 9.80 Å². The number of esters is 1. The summed E-state index contributed by atoms with van der Waals surface area (Å²) in [5.74, 6) is 0.235. The van der Waals surface area contributed by atoms with E-state index in [4.69, 9.17) is 4.74 Å². The van der Waals surface area contributed by atoms with Crippen molar-refractivity contribution < 1.29 is 29.3 Å². The average Bonchev–Trinajstić information content (AvgIpc) is 3.33. The highest BCUT2D eigenvalue weighted by Crippen LogP contribution is 2.77. The molecule has 50 heavy (non-hydrogen) atoms. The lowest BCUT2D eigenvalue weighted by Crippen LogP contribution is -2.66. The molecule has 0 spiro atoms. The standard InChI is InChI=1S/C42H68N2O6/c1-26(2)34-28(45)23-42(31(46)25-44-21-19-43(10)20-22-44)18-17-40(8)27(35(34)42)11-12-30-39(7)15-14-32(50-33(47)24-37(3,4)36(48)49)38(5,6)29(39)13-16-41(30,40)9/h26-27,29-32,46H,11-25H2,1-10H3,(H,48,49)/t27-,29+,30-,31?,32+,39+,40-,41-,42+/m1/s1. The zero-order valence-corrected chi connectivity index (χ0v) is 33.0. The van der Waals surface area contributed by atoms with E-state index >= 15 is 0 Å². The van der Waals surface area contributed by atoms with Crippen LogP contribution in [0.2, 0.25) is 0 Å². The van der Waals surface area contributed by atoms with Gasteiger partial charge in [0.1, 0.15) is 6.10 Å². The first-order valence-corrected chi connectivity index (χ1v) is 19.9. The molecule has 9 atom stereocenters. The number of carboxylic acid groups (broad SMARTS) is 1. The second-order valence-electron chi connectivity index (χ2n) is 20.2. The second-order valence-corrected chi connectivity index (χ2v) is 20.2. The molecule has 6 rings (SSSR count). The van der Waals surface area contributed by atoms with Crippen molar-refractivity contribution in [2.75, 3.05) is 39.8 Å². The molecule has 1 saturated heterocycles. The largest absolute Gasteiger partial charge is 0.481 e. The molecule has 0 amide bonds. The van der Waals surface area contributed by atoms with Crippen molar-refractivity contribution in [3.63, 3.8) is 0 Å². The van der Waals surface area contributed by atoms with Crippen LogP contribution < -0.4 is 0 Å². The summed E-state index contributed by atoms with van der Waals surface area (Å²) in [6.07, 6.45) is 7.64. The predicted molar refractivity (Wildman–Crippen MR) is 195 cm³/mol. The summed E-state index contributed by atoms with van der Waals surface area (Å²) in [6, 6.07) is 0. The summed E-state index contributed by atoms with van der Waals surface area (Å²) < 4.78 is 6.17. The van der Waals surface area contributed by atoms with E-state index in [1.165, 1.54) is 5.57 Å². The summed E-state index contributed by atoms with van der Waals surface area (Å²) in [4.78, 5) is 43.6. The lowest BCUT2D eigenvalue weighted by Gasteiger charge is -2.72. The van der Waals surface area contributed by atoms with Gasteiger partial charge in [-0.1, -0.05) is 54.0 Å². The number of β-amino-alcohol motifs (C(OH)–C–C–N with tert-alkyl or cyclic N) is 1. The van der Waals surface area contributed by atoms with E-state index in [9.17, 15) is 24.6 Å². The Bertz CT molecular complexity index is 1410. The van der Waals surface area contributed by atoms with Crippen LogP contribution in [0.25, 0.3) is 0 Å². The van der Waals surface area contributed by atoms with Gasteiger partial charge >= 0.3 is 11.9 Å². The van der Waals surface area contributed by atoms with Crippen molar-refractivity contribution in [2.24, 2.45) is 56.2 Å². The molecule has 5 aliphatic carbocycles. The van der Waals surface area contributed by atoms with E-state index < -0.39 is 28.9 Å². The second kappa shape index (κ2) is 12.7. The van der Waals surface area contributed by atoms with Gasteiger partial charge in [0.05, 0.1) is 17.9 Å². The minimum atomic E-state index is -1.15. The van der Waals surface area contributed by atoms with Crippen LogP contribution in [0.15, 0.2) is 11.1 Å². The van der Waals surface area contributed by atoms with Gasteiger partial charge in [-0.15, -0.1) is 0 Å². The zero-order chi connectivity index (χ0) is 36.8. The smallest absolute Gasteiger partial charge is 0.309 e. The van der Waals surface area contributed by atoms with Crippen LogP contribution in [0, 0.1) is 56.2 Å². The van der Waals surface area contributed by atoms with E-state index in [0.29, 0.717) is 30.7 Å². The van der Waals surface area contributed by atoms with Crippen LogP contribution in [-0.2, 0) is 19.1 Å². The van der Waals surface area contributed by atoms with Gasteiger partial charge in [-0.3, -0.25) is 19.3 Å². The maximum atomic E-state index is 14.0. The fourth-order valence-electron chi connectivity index (χ4n) is 13.4. The number of Topliss-reactive ketones (excluding diaryl/α,β-unsaturated/α-hetero) is 1. The van der Waals surface area contributed by atoms with Crippen molar-refractivity contribution in [3.8, 4) is 0 Å². The van der Waals surface area contributed by atoms with Gasteiger partial charge in [0.15, 0.2) is 5.78 Å². The van der Waals surface area contributed by atoms with E-state index in [0.717, 1.165) is 83.1 Å². The topological polar surface area (TPSA) is 107 Å². The Balaban J connectivity index is 1.28. The van der Waals surface area contributed by atoms with Crippen LogP contribution >= 0.6 is 0 Å². The number of ketones is 1. The first kappa shape index (κ1) is 38.0. The SMILES string of the molecule is CC(C)C1=C2[C@H]3CC[C@@H]4[C@@]5(C)CC[C@H](OC(=O)CC(C)(C)C(=O)O)C(C)(C)[C@@H]5CC[C@@]4(C)[C@]3(C)CC[C@@]2(C(O)CN2CCN(C)CC2)CC1=O. The number of aliphatic hydroxyl groups excluding tert-OH is 1. The molecule has 4 saturated carbocycles. The molecule has 0 bridgehead atoms. The quantitative estimate of drug-likeness (QED) is 0.262. The molecular formula is C42H68N2O6. The zero-order valence-electron chi connectivity index (χ0n) is 33.0. The number of nitrogens with zero attached hydrogens (tertiary/aromatic N) is 2. The van der Waals surface area contributed by atoms with Crippen molar-refractivity contribution >= 4 is 17.7 Å². The Labute approximate surface area is 302 Å². The van der Waals surface area contributed by atoms with E-state index in [1.54, 1.807) is 13.8 Å². The van der Waals surface area contributed by atoms with Gasteiger partial charge in [-0.25, -0.2) is 0 Å². The molecule has 5 fully saturated rings. The Morgan fingerprint density at radius 3 is 2.18 bits per heavy atom. The fraction of sp³-hybridized carbons (Fsp3) is 0.881. The monoisotopic (exact) mass is 697 g/mol. The number of piperazine rings is 1.